The second-order valence-electron chi connectivity index (χ2n) is 4.85. The molecule has 2 aromatic rings. The molecule has 0 aromatic carbocycles. The van der Waals surface area contributed by atoms with Gasteiger partial charge in [0.1, 0.15) is 6.54 Å². The first kappa shape index (κ1) is 15.0. The van der Waals surface area contributed by atoms with Gasteiger partial charge in [-0.2, -0.15) is 21.8 Å². The van der Waals surface area contributed by atoms with Gasteiger partial charge in [0, 0.05) is 19.2 Å². The second kappa shape index (κ2) is 6.93. The molecule has 22 heavy (non-hydrogen) atoms. The van der Waals surface area contributed by atoms with Crippen LogP contribution in [-0.2, 0) is 17.0 Å². The summed E-state index contributed by atoms with van der Waals surface area (Å²) in [4.78, 5) is 18.5. The monoisotopic (exact) mass is 323 g/mol. The summed E-state index contributed by atoms with van der Waals surface area (Å²) in [6.07, 6.45) is 3.65. The van der Waals surface area contributed by atoms with Crippen LogP contribution < -0.4 is 10.5 Å². The Balaban J connectivity index is 1.72. The van der Waals surface area contributed by atoms with E-state index in [4.69, 9.17) is 9.26 Å². The summed E-state index contributed by atoms with van der Waals surface area (Å²) >= 11 is 1.61. The molecule has 0 radical (unpaired) electrons. The number of rotatable bonds is 5. The number of morpholine rings is 1. The van der Waals surface area contributed by atoms with E-state index < -0.39 is 0 Å². The Kier molecular flexibility index (Phi) is 4.74. The van der Waals surface area contributed by atoms with E-state index in [0.29, 0.717) is 30.7 Å². The highest BCUT2D eigenvalue weighted by Gasteiger charge is 2.14. The lowest BCUT2D eigenvalue weighted by atomic mass is 10.3. The quantitative estimate of drug-likeness (QED) is 0.780. The van der Waals surface area contributed by atoms with Crippen LogP contribution in [0.5, 0.6) is 0 Å². The molecule has 1 saturated heterocycles. The van der Waals surface area contributed by atoms with Gasteiger partial charge in [-0.3, -0.25) is 4.79 Å². The van der Waals surface area contributed by atoms with E-state index in [1.165, 1.54) is 4.68 Å². The molecule has 1 aliphatic rings. The Bertz CT molecular complexity index is 680. The number of thioether (sulfide) groups is 1. The summed E-state index contributed by atoms with van der Waals surface area (Å²) in [5.74, 6) is 1.69. The largest absolute Gasteiger partial charge is 0.378 e. The summed E-state index contributed by atoms with van der Waals surface area (Å²) in [5.41, 5.74) is 0.631. The van der Waals surface area contributed by atoms with Crippen LogP contribution in [0.25, 0.3) is 0 Å². The first-order chi connectivity index (χ1) is 10.8. The van der Waals surface area contributed by atoms with Gasteiger partial charge in [0.25, 0.3) is 5.56 Å². The smallest absolute Gasteiger partial charge is 0.269 e. The maximum atomic E-state index is 12.2. The highest BCUT2D eigenvalue weighted by atomic mass is 32.2. The average molecular weight is 323 g/mol. The lowest BCUT2D eigenvalue weighted by Gasteiger charge is -2.28. The van der Waals surface area contributed by atoms with Crippen molar-refractivity contribution in [1.82, 2.24) is 19.9 Å². The SMILES string of the molecule is CSCc1noc(Cn2ncc(N3CCOCC3)cc2=O)n1. The zero-order chi connectivity index (χ0) is 15.4. The predicted octanol–water partition coefficient (Wildman–Crippen LogP) is 0.374. The maximum Gasteiger partial charge on any atom is 0.269 e. The number of nitrogens with zero attached hydrogens (tertiary/aromatic N) is 5. The minimum absolute atomic E-state index is 0.184. The van der Waals surface area contributed by atoms with Crippen molar-refractivity contribution in [3.8, 4) is 0 Å². The average Bonchev–Trinajstić information content (AvgIpc) is 2.98. The predicted molar refractivity (Wildman–Crippen MR) is 82.1 cm³/mol. The molecule has 2 aromatic heterocycles. The number of hydrogen-bond donors (Lipinski definition) is 0. The van der Waals surface area contributed by atoms with Gasteiger partial charge < -0.3 is 14.2 Å². The second-order valence-corrected chi connectivity index (χ2v) is 5.71. The van der Waals surface area contributed by atoms with Crippen molar-refractivity contribution in [3.05, 3.63) is 34.3 Å². The fourth-order valence-electron chi connectivity index (χ4n) is 2.21. The van der Waals surface area contributed by atoms with Crippen molar-refractivity contribution in [2.24, 2.45) is 0 Å². The zero-order valence-corrected chi connectivity index (χ0v) is 13.1. The standard InChI is InChI=1S/C13H17N5O3S/c1-22-9-11-15-12(21-16-11)8-18-13(19)6-10(7-14-18)17-2-4-20-5-3-17/h6-7H,2-5,8-9H2,1H3. The Hall–Kier alpha value is -1.87. The number of hydrogen-bond acceptors (Lipinski definition) is 8. The van der Waals surface area contributed by atoms with Crippen molar-refractivity contribution >= 4 is 17.4 Å². The molecule has 0 bridgehead atoms. The number of aromatic nitrogens is 4. The molecule has 0 amide bonds. The number of anilines is 1. The third-order valence-corrected chi connectivity index (χ3v) is 3.85. The van der Waals surface area contributed by atoms with Crippen LogP contribution >= 0.6 is 11.8 Å². The molecule has 0 saturated carbocycles. The number of ether oxygens (including phenoxy) is 1. The Morgan fingerprint density at radius 2 is 2.18 bits per heavy atom. The van der Waals surface area contributed by atoms with E-state index in [1.54, 1.807) is 24.0 Å². The van der Waals surface area contributed by atoms with Crippen LogP contribution in [0.15, 0.2) is 21.6 Å². The fourth-order valence-corrected chi connectivity index (χ4v) is 2.58. The topological polar surface area (TPSA) is 86.3 Å². The molecule has 1 aliphatic heterocycles. The van der Waals surface area contributed by atoms with Crippen LogP contribution in [0.4, 0.5) is 5.69 Å². The van der Waals surface area contributed by atoms with Gasteiger partial charge in [-0.05, 0) is 6.26 Å². The van der Waals surface area contributed by atoms with Gasteiger partial charge >= 0.3 is 0 Å². The summed E-state index contributed by atoms with van der Waals surface area (Å²) < 4.78 is 11.7. The van der Waals surface area contributed by atoms with Gasteiger partial charge in [-0.25, -0.2) is 4.68 Å². The van der Waals surface area contributed by atoms with E-state index in [9.17, 15) is 4.79 Å². The molecule has 1 fully saturated rings. The third-order valence-electron chi connectivity index (χ3n) is 3.30. The summed E-state index contributed by atoms with van der Waals surface area (Å²) in [6.45, 7) is 3.07. The molecule has 118 valence electrons. The van der Waals surface area contributed by atoms with E-state index in [2.05, 4.69) is 20.1 Å². The summed E-state index contributed by atoms with van der Waals surface area (Å²) in [5, 5.41) is 8.04. The van der Waals surface area contributed by atoms with Gasteiger partial charge in [0.15, 0.2) is 5.82 Å². The Morgan fingerprint density at radius 1 is 1.36 bits per heavy atom. The van der Waals surface area contributed by atoms with Crippen LogP contribution in [0.3, 0.4) is 0 Å². The molecule has 8 nitrogen and oxygen atoms in total. The highest BCUT2D eigenvalue weighted by molar-refractivity contribution is 7.97. The lowest BCUT2D eigenvalue weighted by molar-refractivity contribution is 0.122. The Morgan fingerprint density at radius 3 is 2.91 bits per heavy atom. The molecule has 3 rings (SSSR count). The molecule has 9 heteroatoms. The summed E-state index contributed by atoms with van der Waals surface area (Å²) in [7, 11) is 0. The first-order valence-electron chi connectivity index (χ1n) is 6.96. The van der Waals surface area contributed by atoms with Crippen molar-refractivity contribution in [3.63, 3.8) is 0 Å². The van der Waals surface area contributed by atoms with Gasteiger partial charge in [-0.15, -0.1) is 0 Å². The van der Waals surface area contributed by atoms with Gasteiger partial charge in [-0.1, -0.05) is 5.16 Å². The van der Waals surface area contributed by atoms with E-state index in [1.807, 2.05) is 6.26 Å². The molecule has 0 N–H and O–H groups in total. The Labute approximate surface area is 131 Å². The normalized spacial score (nSPS) is 15.2. The van der Waals surface area contributed by atoms with Crippen molar-refractivity contribution < 1.29 is 9.26 Å². The van der Waals surface area contributed by atoms with Gasteiger partial charge in [0.05, 0.1) is 30.9 Å². The molecule has 0 atom stereocenters. The minimum atomic E-state index is -0.186. The molecule has 3 heterocycles. The van der Waals surface area contributed by atoms with E-state index in [-0.39, 0.29) is 12.1 Å². The minimum Gasteiger partial charge on any atom is -0.378 e. The van der Waals surface area contributed by atoms with E-state index >= 15 is 0 Å². The molecule has 0 spiro atoms. The van der Waals surface area contributed by atoms with Crippen LogP contribution in [0.2, 0.25) is 0 Å². The van der Waals surface area contributed by atoms with Crippen LogP contribution in [0.1, 0.15) is 11.7 Å². The molecule has 0 unspecified atom stereocenters. The molecular formula is C13H17N5O3S. The van der Waals surface area contributed by atoms with Crippen LogP contribution in [0, 0.1) is 0 Å². The zero-order valence-electron chi connectivity index (χ0n) is 12.3. The van der Waals surface area contributed by atoms with Crippen LogP contribution in [-0.4, -0.2) is 52.5 Å². The summed E-state index contributed by atoms with van der Waals surface area (Å²) in [6, 6.07) is 1.58. The van der Waals surface area contributed by atoms with Gasteiger partial charge in [0.2, 0.25) is 5.89 Å². The fraction of sp³-hybridized carbons (Fsp3) is 0.538. The van der Waals surface area contributed by atoms with Crippen molar-refractivity contribution in [1.29, 1.82) is 0 Å². The molecular weight excluding hydrogens is 306 g/mol. The third kappa shape index (κ3) is 3.47. The van der Waals surface area contributed by atoms with Crippen molar-refractivity contribution in [2.45, 2.75) is 12.3 Å². The molecule has 0 aliphatic carbocycles. The first-order valence-corrected chi connectivity index (χ1v) is 8.36. The van der Waals surface area contributed by atoms with Crippen molar-refractivity contribution in [2.75, 3.05) is 37.5 Å². The highest BCUT2D eigenvalue weighted by Crippen LogP contribution is 2.12. The lowest BCUT2D eigenvalue weighted by Crippen LogP contribution is -2.37. The maximum absolute atomic E-state index is 12.2. The van der Waals surface area contributed by atoms with E-state index in [0.717, 1.165) is 18.8 Å².